The minimum Gasteiger partial charge on any atom is -0.352 e. The molecule has 2 aromatic rings. The first-order valence-electron chi connectivity index (χ1n) is 7.75. The van der Waals surface area contributed by atoms with Gasteiger partial charge in [0.1, 0.15) is 0 Å². The number of carbonyl (C=O) groups is 2. The Kier molecular flexibility index (Phi) is 4.57. The number of hydrogen-bond acceptors (Lipinski definition) is 3. The summed E-state index contributed by atoms with van der Waals surface area (Å²) in [7, 11) is 1.72. The lowest BCUT2D eigenvalue weighted by Crippen LogP contribution is -2.34. The van der Waals surface area contributed by atoms with Gasteiger partial charge in [0.2, 0.25) is 11.8 Å². The van der Waals surface area contributed by atoms with Crippen LogP contribution in [-0.4, -0.2) is 34.0 Å². The summed E-state index contributed by atoms with van der Waals surface area (Å²) < 4.78 is 0. The highest BCUT2D eigenvalue weighted by Crippen LogP contribution is 2.37. The maximum Gasteiger partial charge on any atom is 0.226 e. The van der Waals surface area contributed by atoms with E-state index in [1.165, 1.54) is 0 Å². The number of halogens is 1. The predicted octanol–water partition coefficient (Wildman–Crippen LogP) is 2.21. The van der Waals surface area contributed by atoms with Crippen LogP contribution >= 0.6 is 11.6 Å². The van der Waals surface area contributed by atoms with E-state index >= 15 is 0 Å². The van der Waals surface area contributed by atoms with E-state index < -0.39 is 5.92 Å². The van der Waals surface area contributed by atoms with Gasteiger partial charge >= 0.3 is 0 Å². The summed E-state index contributed by atoms with van der Waals surface area (Å²) in [6, 6.07) is 7.01. The Hall–Kier alpha value is -2.34. The van der Waals surface area contributed by atoms with E-state index in [-0.39, 0.29) is 24.3 Å². The van der Waals surface area contributed by atoms with Crippen LogP contribution in [0.1, 0.15) is 29.3 Å². The highest BCUT2D eigenvalue weighted by atomic mass is 35.5. The molecule has 0 radical (unpaired) electrons. The summed E-state index contributed by atoms with van der Waals surface area (Å²) in [5.74, 6) is -0.619. The molecular weight excluding hydrogens is 328 g/mol. The molecule has 24 heavy (non-hydrogen) atoms. The highest BCUT2D eigenvalue weighted by Gasteiger charge is 2.42. The second kappa shape index (κ2) is 6.65. The van der Waals surface area contributed by atoms with Gasteiger partial charge in [-0.15, -0.1) is 0 Å². The first-order valence-corrected chi connectivity index (χ1v) is 8.13. The standard InChI is InChI=1S/C17H19ClN4O2/c1-10-12(9-20-21-10)8-19-17(24)14-7-15(23)22(2)16(14)11-4-3-5-13(18)6-11/h3-6,9,14,16H,7-8H2,1-2H3,(H,19,24)(H,20,21)/t14-,16-/m1/s1. The van der Waals surface area contributed by atoms with Gasteiger partial charge in [0, 0.05) is 36.3 Å². The van der Waals surface area contributed by atoms with Crippen molar-refractivity contribution < 1.29 is 9.59 Å². The monoisotopic (exact) mass is 346 g/mol. The normalized spacial score (nSPS) is 20.5. The summed E-state index contributed by atoms with van der Waals surface area (Å²) in [4.78, 5) is 26.4. The van der Waals surface area contributed by atoms with Crippen molar-refractivity contribution in [2.24, 2.45) is 5.92 Å². The molecule has 2 N–H and O–H groups in total. The number of amides is 2. The molecule has 2 heterocycles. The number of rotatable bonds is 4. The second-order valence-electron chi connectivity index (χ2n) is 6.05. The van der Waals surface area contributed by atoms with Crippen LogP contribution < -0.4 is 5.32 Å². The second-order valence-corrected chi connectivity index (χ2v) is 6.49. The number of benzene rings is 1. The summed E-state index contributed by atoms with van der Waals surface area (Å²) in [5.41, 5.74) is 2.72. The zero-order chi connectivity index (χ0) is 17.3. The molecule has 126 valence electrons. The molecule has 1 aliphatic rings. The van der Waals surface area contributed by atoms with Gasteiger partial charge in [-0.3, -0.25) is 14.7 Å². The minimum absolute atomic E-state index is 0.0420. The van der Waals surface area contributed by atoms with Gasteiger partial charge in [-0.05, 0) is 24.6 Å². The topological polar surface area (TPSA) is 78.1 Å². The molecule has 1 fully saturated rings. The van der Waals surface area contributed by atoms with Crippen molar-refractivity contribution in [2.75, 3.05) is 7.05 Å². The van der Waals surface area contributed by atoms with E-state index in [4.69, 9.17) is 11.6 Å². The molecule has 0 saturated carbocycles. The molecule has 0 aliphatic carbocycles. The highest BCUT2D eigenvalue weighted by molar-refractivity contribution is 6.30. The van der Waals surface area contributed by atoms with Crippen molar-refractivity contribution in [1.29, 1.82) is 0 Å². The predicted molar refractivity (Wildman–Crippen MR) is 90.2 cm³/mol. The lowest BCUT2D eigenvalue weighted by Gasteiger charge is -2.25. The molecule has 1 saturated heterocycles. The third-order valence-electron chi connectivity index (χ3n) is 4.50. The molecule has 1 aromatic carbocycles. The molecule has 0 bridgehead atoms. The van der Waals surface area contributed by atoms with Crippen LogP contribution in [0.3, 0.4) is 0 Å². The van der Waals surface area contributed by atoms with Crippen LogP contribution in [-0.2, 0) is 16.1 Å². The Labute approximate surface area is 145 Å². The maximum absolute atomic E-state index is 12.7. The van der Waals surface area contributed by atoms with Gasteiger partial charge in [-0.1, -0.05) is 23.7 Å². The largest absolute Gasteiger partial charge is 0.352 e. The summed E-state index contributed by atoms with van der Waals surface area (Å²) >= 11 is 6.07. The molecular formula is C17H19ClN4O2. The average molecular weight is 347 g/mol. The van der Waals surface area contributed by atoms with Crippen LogP contribution in [0, 0.1) is 12.8 Å². The average Bonchev–Trinajstić information content (AvgIpc) is 3.09. The molecule has 6 nitrogen and oxygen atoms in total. The van der Waals surface area contributed by atoms with E-state index in [1.807, 2.05) is 25.1 Å². The third-order valence-corrected chi connectivity index (χ3v) is 4.74. The Morgan fingerprint density at radius 2 is 2.29 bits per heavy atom. The first kappa shape index (κ1) is 16.5. The third kappa shape index (κ3) is 3.14. The molecule has 0 unspecified atom stereocenters. The Morgan fingerprint density at radius 3 is 2.96 bits per heavy atom. The van der Waals surface area contributed by atoms with Gasteiger partial charge in [0.05, 0.1) is 18.2 Å². The van der Waals surface area contributed by atoms with Crippen molar-refractivity contribution in [3.05, 3.63) is 52.3 Å². The number of carbonyl (C=O) groups excluding carboxylic acids is 2. The van der Waals surface area contributed by atoms with Gasteiger partial charge in [-0.25, -0.2) is 0 Å². The van der Waals surface area contributed by atoms with Crippen molar-refractivity contribution in [2.45, 2.75) is 25.9 Å². The fraction of sp³-hybridized carbons (Fsp3) is 0.353. The van der Waals surface area contributed by atoms with Crippen LogP contribution in [0.5, 0.6) is 0 Å². The number of aryl methyl sites for hydroxylation is 1. The van der Waals surface area contributed by atoms with Gasteiger partial charge in [-0.2, -0.15) is 5.10 Å². The lowest BCUT2D eigenvalue weighted by molar-refractivity contribution is -0.128. The van der Waals surface area contributed by atoms with E-state index in [9.17, 15) is 9.59 Å². The van der Waals surface area contributed by atoms with Gasteiger partial charge in [0.15, 0.2) is 0 Å². The van der Waals surface area contributed by atoms with Crippen LogP contribution in [0.2, 0.25) is 5.02 Å². The van der Waals surface area contributed by atoms with E-state index in [2.05, 4.69) is 15.5 Å². The number of aromatic amines is 1. The van der Waals surface area contributed by atoms with Crippen molar-refractivity contribution in [1.82, 2.24) is 20.4 Å². The van der Waals surface area contributed by atoms with E-state index in [0.29, 0.717) is 11.6 Å². The molecule has 2 amide bonds. The van der Waals surface area contributed by atoms with Crippen LogP contribution in [0.25, 0.3) is 0 Å². The zero-order valence-electron chi connectivity index (χ0n) is 13.5. The summed E-state index contributed by atoms with van der Waals surface area (Å²) in [6.45, 7) is 2.29. The number of aromatic nitrogens is 2. The smallest absolute Gasteiger partial charge is 0.226 e. The summed E-state index contributed by atoms with van der Waals surface area (Å²) in [6.07, 6.45) is 1.89. The number of H-pyrrole nitrogens is 1. The molecule has 1 aromatic heterocycles. The SMILES string of the molecule is Cc1[nH]ncc1CNC(=O)[C@@H]1CC(=O)N(C)[C@@H]1c1cccc(Cl)c1. The molecule has 2 atom stereocenters. The van der Waals surface area contributed by atoms with E-state index in [1.54, 1.807) is 24.2 Å². The Morgan fingerprint density at radius 1 is 1.50 bits per heavy atom. The quantitative estimate of drug-likeness (QED) is 0.891. The van der Waals surface area contributed by atoms with E-state index in [0.717, 1.165) is 16.8 Å². The van der Waals surface area contributed by atoms with Crippen molar-refractivity contribution in [3.8, 4) is 0 Å². The van der Waals surface area contributed by atoms with Crippen LogP contribution in [0.4, 0.5) is 0 Å². The molecule has 3 rings (SSSR count). The molecule has 7 heteroatoms. The number of likely N-dealkylation sites (tertiary alicyclic amines) is 1. The zero-order valence-corrected chi connectivity index (χ0v) is 14.3. The first-order chi connectivity index (χ1) is 11.5. The van der Waals surface area contributed by atoms with Crippen LogP contribution in [0.15, 0.2) is 30.5 Å². The molecule has 1 aliphatic heterocycles. The number of nitrogens with zero attached hydrogens (tertiary/aromatic N) is 2. The summed E-state index contributed by atoms with van der Waals surface area (Å²) in [5, 5.41) is 10.3. The lowest BCUT2D eigenvalue weighted by atomic mass is 9.93. The van der Waals surface area contributed by atoms with Gasteiger partial charge < -0.3 is 10.2 Å². The van der Waals surface area contributed by atoms with Crippen molar-refractivity contribution in [3.63, 3.8) is 0 Å². The fourth-order valence-corrected chi connectivity index (χ4v) is 3.32. The molecule has 0 spiro atoms. The van der Waals surface area contributed by atoms with Crippen molar-refractivity contribution >= 4 is 23.4 Å². The fourth-order valence-electron chi connectivity index (χ4n) is 3.12. The van der Waals surface area contributed by atoms with Gasteiger partial charge in [0.25, 0.3) is 0 Å². The Bertz CT molecular complexity index is 773. The number of nitrogens with one attached hydrogen (secondary N) is 2. The maximum atomic E-state index is 12.7. The Balaban J connectivity index is 1.78. The number of hydrogen-bond donors (Lipinski definition) is 2. The minimum atomic E-state index is -0.437.